The van der Waals surface area contributed by atoms with Crippen LogP contribution in [-0.2, 0) is 10.0 Å². The van der Waals surface area contributed by atoms with Crippen molar-refractivity contribution >= 4 is 10.0 Å². The van der Waals surface area contributed by atoms with Gasteiger partial charge in [0.25, 0.3) is 0 Å². The molecule has 0 fully saturated rings. The van der Waals surface area contributed by atoms with Crippen molar-refractivity contribution in [2.45, 2.75) is 24.3 Å². The molecule has 0 amide bonds. The molecule has 0 aliphatic heterocycles. The minimum absolute atomic E-state index is 0.0632. The zero-order chi connectivity index (χ0) is 14.6. The van der Waals surface area contributed by atoms with E-state index in [1.54, 1.807) is 0 Å². The van der Waals surface area contributed by atoms with E-state index in [-0.39, 0.29) is 10.9 Å². The number of sulfonamides is 1. The van der Waals surface area contributed by atoms with Crippen LogP contribution in [0.15, 0.2) is 59.5 Å². The van der Waals surface area contributed by atoms with Gasteiger partial charge < -0.3 is 0 Å². The summed E-state index contributed by atoms with van der Waals surface area (Å²) in [5.74, 6) is -0.459. The Morgan fingerprint density at radius 2 is 1.65 bits per heavy atom. The highest BCUT2D eigenvalue weighted by Gasteiger charge is 2.19. The average Bonchev–Trinajstić information content (AvgIpc) is 2.46. The van der Waals surface area contributed by atoms with Crippen LogP contribution in [0.1, 0.15) is 24.9 Å². The van der Waals surface area contributed by atoms with Crippen molar-refractivity contribution in [3.05, 3.63) is 66.0 Å². The van der Waals surface area contributed by atoms with Gasteiger partial charge in [-0.05, 0) is 36.2 Å². The van der Waals surface area contributed by atoms with Crippen molar-refractivity contribution < 1.29 is 12.8 Å². The summed E-state index contributed by atoms with van der Waals surface area (Å²) in [4.78, 5) is 0.0632. The number of hydrogen-bond donors (Lipinski definition) is 1. The molecule has 0 aliphatic rings. The number of hydrogen-bond acceptors (Lipinski definition) is 2. The molecule has 2 aromatic rings. The van der Waals surface area contributed by atoms with Crippen LogP contribution in [0.25, 0.3) is 0 Å². The second kappa shape index (κ2) is 6.15. The summed E-state index contributed by atoms with van der Waals surface area (Å²) in [7, 11) is -3.65. The van der Waals surface area contributed by atoms with Gasteiger partial charge in [-0.25, -0.2) is 17.5 Å². The van der Waals surface area contributed by atoms with Gasteiger partial charge in [0, 0.05) is 6.04 Å². The Labute approximate surface area is 118 Å². The third-order valence-electron chi connectivity index (χ3n) is 3.03. The van der Waals surface area contributed by atoms with Crippen LogP contribution < -0.4 is 4.72 Å². The Bertz CT molecular complexity index is 654. The van der Waals surface area contributed by atoms with Gasteiger partial charge in [-0.1, -0.05) is 37.3 Å². The monoisotopic (exact) mass is 293 g/mol. The van der Waals surface area contributed by atoms with Crippen molar-refractivity contribution in [1.29, 1.82) is 0 Å². The fourth-order valence-electron chi connectivity index (χ4n) is 1.94. The van der Waals surface area contributed by atoms with Crippen LogP contribution in [0.2, 0.25) is 0 Å². The zero-order valence-electron chi connectivity index (χ0n) is 11.1. The third kappa shape index (κ3) is 3.43. The molecule has 3 nitrogen and oxygen atoms in total. The van der Waals surface area contributed by atoms with E-state index in [0.29, 0.717) is 6.42 Å². The molecule has 2 rings (SSSR count). The Hall–Kier alpha value is -1.72. The maximum absolute atomic E-state index is 12.9. The van der Waals surface area contributed by atoms with E-state index in [0.717, 1.165) is 17.7 Å². The highest BCUT2D eigenvalue weighted by molar-refractivity contribution is 7.89. The molecule has 0 spiro atoms. The normalized spacial score (nSPS) is 13.1. The first-order valence-corrected chi connectivity index (χ1v) is 7.84. The molecular weight excluding hydrogens is 277 g/mol. The summed E-state index contributed by atoms with van der Waals surface area (Å²) in [6, 6.07) is 13.9. The van der Waals surface area contributed by atoms with Crippen molar-refractivity contribution in [1.82, 2.24) is 4.72 Å². The van der Waals surface area contributed by atoms with Crippen molar-refractivity contribution in [2.24, 2.45) is 0 Å². The standard InChI is InChI=1S/C15H16FNO2S/c1-2-15(12-6-4-3-5-7-12)17-20(18,19)14-10-8-13(16)9-11-14/h3-11,15,17H,2H2,1H3. The molecule has 0 heterocycles. The van der Waals surface area contributed by atoms with Crippen LogP contribution in [0, 0.1) is 5.82 Å². The summed E-state index contributed by atoms with van der Waals surface area (Å²) in [6.07, 6.45) is 0.629. The Balaban J connectivity index is 2.24. The second-order valence-corrected chi connectivity index (χ2v) is 6.16. The molecular formula is C15H16FNO2S. The number of rotatable bonds is 5. The molecule has 0 saturated heterocycles. The van der Waals surface area contributed by atoms with E-state index >= 15 is 0 Å². The lowest BCUT2D eigenvalue weighted by molar-refractivity contribution is 0.549. The molecule has 2 aromatic carbocycles. The first kappa shape index (κ1) is 14.7. The lowest BCUT2D eigenvalue weighted by Gasteiger charge is -2.17. The largest absolute Gasteiger partial charge is 0.241 e. The third-order valence-corrected chi connectivity index (χ3v) is 4.52. The summed E-state index contributed by atoms with van der Waals surface area (Å²) >= 11 is 0. The summed E-state index contributed by atoms with van der Waals surface area (Å²) in [5.41, 5.74) is 0.903. The molecule has 1 N–H and O–H groups in total. The van der Waals surface area contributed by atoms with Gasteiger partial charge in [0.05, 0.1) is 4.90 Å². The van der Waals surface area contributed by atoms with Gasteiger partial charge in [-0.15, -0.1) is 0 Å². The fourth-order valence-corrected chi connectivity index (χ4v) is 3.25. The van der Waals surface area contributed by atoms with Crippen LogP contribution in [-0.4, -0.2) is 8.42 Å². The summed E-state index contributed by atoms with van der Waals surface area (Å²) < 4.78 is 40.0. The predicted molar refractivity (Wildman–Crippen MR) is 76.2 cm³/mol. The lowest BCUT2D eigenvalue weighted by Crippen LogP contribution is -2.28. The highest BCUT2D eigenvalue weighted by atomic mass is 32.2. The molecule has 5 heteroatoms. The van der Waals surface area contributed by atoms with Gasteiger partial charge in [0.2, 0.25) is 10.0 Å². The van der Waals surface area contributed by atoms with Crippen LogP contribution >= 0.6 is 0 Å². The minimum atomic E-state index is -3.65. The topological polar surface area (TPSA) is 46.2 Å². The maximum Gasteiger partial charge on any atom is 0.241 e. The van der Waals surface area contributed by atoms with Crippen LogP contribution in [0.3, 0.4) is 0 Å². The molecule has 106 valence electrons. The molecule has 0 aromatic heterocycles. The van der Waals surface area contributed by atoms with E-state index in [4.69, 9.17) is 0 Å². The predicted octanol–water partition coefficient (Wildman–Crippen LogP) is 3.26. The zero-order valence-corrected chi connectivity index (χ0v) is 11.9. The quantitative estimate of drug-likeness (QED) is 0.919. The van der Waals surface area contributed by atoms with Crippen molar-refractivity contribution in [2.75, 3.05) is 0 Å². The maximum atomic E-state index is 12.9. The Kier molecular flexibility index (Phi) is 4.52. The van der Waals surface area contributed by atoms with Crippen molar-refractivity contribution in [3.8, 4) is 0 Å². The molecule has 0 saturated carbocycles. The molecule has 0 bridgehead atoms. The highest BCUT2D eigenvalue weighted by Crippen LogP contribution is 2.20. The average molecular weight is 293 g/mol. The van der Waals surface area contributed by atoms with Crippen molar-refractivity contribution in [3.63, 3.8) is 0 Å². The molecule has 0 aliphatic carbocycles. The van der Waals surface area contributed by atoms with E-state index in [1.807, 2.05) is 37.3 Å². The van der Waals surface area contributed by atoms with E-state index in [2.05, 4.69) is 4.72 Å². The molecule has 20 heavy (non-hydrogen) atoms. The van der Waals surface area contributed by atoms with E-state index in [1.165, 1.54) is 12.1 Å². The number of nitrogens with one attached hydrogen (secondary N) is 1. The molecule has 1 atom stereocenters. The molecule has 1 unspecified atom stereocenters. The Morgan fingerprint density at radius 3 is 2.20 bits per heavy atom. The van der Waals surface area contributed by atoms with Crippen LogP contribution in [0.4, 0.5) is 4.39 Å². The Morgan fingerprint density at radius 1 is 1.05 bits per heavy atom. The minimum Gasteiger partial charge on any atom is -0.207 e. The van der Waals surface area contributed by atoms with Gasteiger partial charge >= 0.3 is 0 Å². The summed E-state index contributed by atoms with van der Waals surface area (Å²) in [6.45, 7) is 1.91. The second-order valence-electron chi connectivity index (χ2n) is 4.45. The number of halogens is 1. The van der Waals surface area contributed by atoms with E-state index in [9.17, 15) is 12.8 Å². The number of benzene rings is 2. The first-order valence-electron chi connectivity index (χ1n) is 6.36. The SMILES string of the molecule is CCC(NS(=O)(=O)c1ccc(F)cc1)c1ccccc1. The van der Waals surface area contributed by atoms with Gasteiger partial charge in [-0.3, -0.25) is 0 Å². The van der Waals surface area contributed by atoms with Crippen LogP contribution in [0.5, 0.6) is 0 Å². The van der Waals surface area contributed by atoms with Gasteiger partial charge in [0.1, 0.15) is 5.82 Å². The fraction of sp³-hybridized carbons (Fsp3) is 0.200. The molecule has 0 radical (unpaired) electrons. The van der Waals surface area contributed by atoms with Gasteiger partial charge in [0.15, 0.2) is 0 Å². The van der Waals surface area contributed by atoms with Gasteiger partial charge in [-0.2, -0.15) is 0 Å². The van der Waals surface area contributed by atoms with E-state index < -0.39 is 15.8 Å². The lowest BCUT2D eigenvalue weighted by atomic mass is 10.1. The summed E-state index contributed by atoms with van der Waals surface area (Å²) in [5, 5.41) is 0. The first-order chi connectivity index (χ1) is 9.53. The smallest absolute Gasteiger partial charge is 0.207 e.